The van der Waals surface area contributed by atoms with E-state index in [1.807, 2.05) is 28.8 Å². The lowest BCUT2D eigenvalue weighted by molar-refractivity contribution is 0.796. The first kappa shape index (κ1) is 19.6. The molecule has 4 heterocycles. The molecule has 1 N–H and O–H groups in total. The third kappa shape index (κ3) is 3.88. The van der Waals surface area contributed by atoms with Gasteiger partial charge in [-0.25, -0.2) is 15.0 Å². The Balaban J connectivity index is 1.43. The molecule has 1 saturated heterocycles. The molecule has 0 unspecified atom stereocenters. The lowest BCUT2D eigenvalue weighted by atomic mass is 10.1. The van der Waals surface area contributed by atoms with Crippen LogP contribution in [0.25, 0.3) is 16.9 Å². The predicted molar refractivity (Wildman–Crippen MR) is 122 cm³/mol. The maximum atomic E-state index is 8.93. The molecule has 1 aliphatic rings. The molecular weight excluding hydrogens is 433 g/mol. The van der Waals surface area contributed by atoms with Crippen LogP contribution < -0.4 is 10.2 Å². The van der Waals surface area contributed by atoms with Crippen molar-refractivity contribution in [2.45, 2.75) is 12.5 Å². The van der Waals surface area contributed by atoms with Gasteiger partial charge in [-0.15, -0.1) is 0 Å². The zero-order valence-corrected chi connectivity index (χ0v) is 17.8. The number of anilines is 2. The second-order valence-electron chi connectivity index (χ2n) is 7.34. The standard InChI is InChI=1S/C22H17Cl2N7/c23-15-2-3-17(18(24)9-15)19-10-21-26-6-8-31(21)22(29-19)30-7-5-16(13-30)28-20-4-1-14(11-25)12-27-20/h1-4,6,8-10,12,16H,5,7,13H2,(H,27,28)/t16-/m0/s1. The first-order chi connectivity index (χ1) is 15.1. The molecule has 0 bridgehead atoms. The zero-order chi connectivity index (χ0) is 21.4. The van der Waals surface area contributed by atoms with E-state index in [1.54, 1.807) is 30.6 Å². The molecule has 1 fully saturated rings. The summed E-state index contributed by atoms with van der Waals surface area (Å²) >= 11 is 12.5. The number of aromatic nitrogens is 4. The van der Waals surface area contributed by atoms with Crippen LogP contribution in [0.15, 0.2) is 55.0 Å². The minimum atomic E-state index is 0.212. The van der Waals surface area contributed by atoms with E-state index >= 15 is 0 Å². The summed E-state index contributed by atoms with van der Waals surface area (Å²) in [6, 6.07) is 13.2. The Morgan fingerprint density at radius 3 is 2.81 bits per heavy atom. The van der Waals surface area contributed by atoms with E-state index in [-0.39, 0.29) is 6.04 Å². The van der Waals surface area contributed by atoms with Gasteiger partial charge in [-0.2, -0.15) is 5.26 Å². The van der Waals surface area contributed by atoms with Gasteiger partial charge < -0.3 is 10.2 Å². The van der Waals surface area contributed by atoms with E-state index in [4.69, 9.17) is 33.4 Å². The summed E-state index contributed by atoms with van der Waals surface area (Å²) in [5.74, 6) is 1.57. The van der Waals surface area contributed by atoms with Crippen molar-refractivity contribution in [2.75, 3.05) is 23.3 Å². The van der Waals surface area contributed by atoms with Crippen molar-refractivity contribution in [3.63, 3.8) is 0 Å². The molecular formula is C22H17Cl2N7. The third-order valence-corrected chi connectivity index (χ3v) is 5.84. The summed E-state index contributed by atoms with van der Waals surface area (Å²) in [6.45, 7) is 1.60. The Bertz CT molecular complexity index is 1290. The molecule has 1 aromatic carbocycles. The maximum Gasteiger partial charge on any atom is 0.211 e. The van der Waals surface area contributed by atoms with Gasteiger partial charge in [0.2, 0.25) is 5.95 Å². The van der Waals surface area contributed by atoms with Crippen molar-refractivity contribution in [1.82, 2.24) is 19.4 Å². The van der Waals surface area contributed by atoms with E-state index in [0.29, 0.717) is 15.6 Å². The monoisotopic (exact) mass is 449 g/mol. The van der Waals surface area contributed by atoms with E-state index in [1.165, 1.54) is 0 Å². The van der Waals surface area contributed by atoms with Crippen LogP contribution in [0.2, 0.25) is 10.0 Å². The molecule has 0 radical (unpaired) electrons. The molecule has 3 aromatic heterocycles. The number of fused-ring (bicyclic) bond motifs is 1. The molecule has 31 heavy (non-hydrogen) atoms. The molecule has 4 aromatic rings. The van der Waals surface area contributed by atoms with Gasteiger partial charge in [0.05, 0.1) is 16.3 Å². The molecule has 0 saturated carbocycles. The Kier molecular flexibility index (Phi) is 5.10. The first-order valence-electron chi connectivity index (χ1n) is 9.78. The van der Waals surface area contributed by atoms with Gasteiger partial charge in [0, 0.05) is 54.4 Å². The first-order valence-corrected chi connectivity index (χ1v) is 10.5. The largest absolute Gasteiger partial charge is 0.365 e. The number of nitrogens with zero attached hydrogens (tertiary/aromatic N) is 6. The van der Waals surface area contributed by atoms with Crippen molar-refractivity contribution in [1.29, 1.82) is 5.26 Å². The van der Waals surface area contributed by atoms with Crippen LogP contribution in [0.4, 0.5) is 11.8 Å². The van der Waals surface area contributed by atoms with Crippen LogP contribution in [-0.4, -0.2) is 38.5 Å². The fourth-order valence-electron chi connectivity index (χ4n) is 3.78. The van der Waals surface area contributed by atoms with Crippen LogP contribution in [0.5, 0.6) is 0 Å². The lowest BCUT2D eigenvalue weighted by Gasteiger charge is -2.20. The average Bonchev–Trinajstić information content (AvgIpc) is 3.43. The van der Waals surface area contributed by atoms with Gasteiger partial charge >= 0.3 is 0 Å². The summed E-state index contributed by atoms with van der Waals surface area (Å²) in [7, 11) is 0. The topological polar surface area (TPSA) is 82.1 Å². The fraction of sp³-hybridized carbons (Fsp3) is 0.182. The van der Waals surface area contributed by atoms with Gasteiger partial charge in [-0.3, -0.25) is 4.40 Å². The Morgan fingerprint density at radius 1 is 1.13 bits per heavy atom. The molecule has 9 heteroatoms. The van der Waals surface area contributed by atoms with Crippen LogP contribution in [0, 0.1) is 11.3 Å². The molecule has 7 nitrogen and oxygen atoms in total. The molecule has 0 spiro atoms. The van der Waals surface area contributed by atoms with Crippen LogP contribution in [0.1, 0.15) is 12.0 Å². The van der Waals surface area contributed by atoms with E-state index in [2.05, 4.69) is 26.3 Å². The van der Waals surface area contributed by atoms with Crippen molar-refractivity contribution < 1.29 is 0 Å². The maximum absolute atomic E-state index is 8.93. The van der Waals surface area contributed by atoms with Gasteiger partial charge in [0.25, 0.3) is 0 Å². The quantitative estimate of drug-likeness (QED) is 0.487. The summed E-state index contributed by atoms with van der Waals surface area (Å²) < 4.78 is 1.98. The van der Waals surface area contributed by atoms with Gasteiger partial charge in [-0.05, 0) is 36.8 Å². The number of hydrogen-bond acceptors (Lipinski definition) is 6. The van der Waals surface area contributed by atoms with Crippen molar-refractivity contribution in [3.05, 3.63) is 70.6 Å². The second-order valence-corrected chi connectivity index (χ2v) is 8.18. The Hall–Kier alpha value is -3.34. The number of nitriles is 1. The molecule has 0 amide bonds. The Morgan fingerprint density at radius 2 is 2.03 bits per heavy atom. The number of pyridine rings is 1. The highest BCUT2D eigenvalue weighted by atomic mass is 35.5. The van der Waals surface area contributed by atoms with E-state index in [0.717, 1.165) is 48.2 Å². The van der Waals surface area contributed by atoms with Gasteiger partial charge in [-0.1, -0.05) is 23.2 Å². The number of rotatable bonds is 4. The summed E-state index contributed by atoms with van der Waals surface area (Å²) in [5.41, 5.74) is 2.91. The fourth-order valence-corrected chi connectivity index (χ4v) is 4.28. The van der Waals surface area contributed by atoms with Crippen LogP contribution in [0.3, 0.4) is 0 Å². The molecule has 5 rings (SSSR count). The minimum absolute atomic E-state index is 0.212. The summed E-state index contributed by atoms with van der Waals surface area (Å²) in [4.78, 5) is 15.9. The minimum Gasteiger partial charge on any atom is -0.365 e. The van der Waals surface area contributed by atoms with E-state index < -0.39 is 0 Å². The van der Waals surface area contributed by atoms with Crippen molar-refractivity contribution in [3.8, 4) is 17.3 Å². The van der Waals surface area contributed by atoms with Crippen LogP contribution in [-0.2, 0) is 0 Å². The number of imidazole rings is 1. The zero-order valence-electron chi connectivity index (χ0n) is 16.3. The predicted octanol–water partition coefficient (Wildman–Crippen LogP) is 4.66. The SMILES string of the molecule is N#Cc1ccc(N[C@H]2CCN(c3nc(-c4ccc(Cl)cc4Cl)cc4nccn34)C2)nc1. The average molecular weight is 450 g/mol. The van der Waals surface area contributed by atoms with Gasteiger partial charge in [0.1, 0.15) is 17.5 Å². The normalized spacial score (nSPS) is 15.9. The summed E-state index contributed by atoms with van der Waals surface area (Å²) in [6.07, 6.45) is 6.19. The number of benzene rings is 1. The van der Waals surface area contributed by atoms with E-state index in [9.17, 15) is 0 Å². The smallest absolute Gasteiger partial charge is 0.211 e. The van der Waals surface area contributed by atoms with Crippen molar-refractivity contribution in [2.24, 2.45) is 0 Å². The lowest BCUT2D eigenvalue weighted by Crippen LogP contribution is -2.28. The number of nitrogens with one attached hydrogen (secondary N) is 1. The molecule has 1 atom stereocenters. The highest BCUT2D eigenvalue weighted by molar-refractivity contribution is 6.36. The summed E-state index contributed by atoms with van der Waals surface area (Å²) in [5, 5.41) is 13.5. The highest BCUT2D eigenvalue weighted by Gasteiger charge is 2.26. The number of halogens is 2. The second kappa shape index (κ2) is 8.06. The molecule has 1 aliphatic heterocycles. The highest BCUT2D eigenvalue weighted by Crippen LogP contribution is 2.32. The third-order valence-electron chi connectivity index (χ3n) is 5.29. The molecule has 154 valence electrons. The van der Waals surface area contributed by atoms with Crippen molar-refractivity contribution >= 4 is 40.6 Å². The van der Waals surface area contributed by atoms with Crippen LogP contribution >= 0.6 is 23.2 Å². The van der Waals surface area contributed by atoms with Gasteiger partial charge in [0.15, 0.2) is 0 Å². The molecule has 0 aliphatic carbocycles. The number of hydrogen-bond donors (Lipinski definition) is 1. The Labute approximate surface area is 188 Å².